The number of anilines is 1. The van der Waals surface area contributed by atoms with Gasteiger partial charge in [-0.2, -0.15) is 5.10 Å². The van der Waals surface area contributed by atoms with Gasteiger partial charge in [0.15, 0.2) is 0 Å². The summed E-state index contributed by atoms with van der Waals surface area (Å²) < 4.78 is 1.79. The smallest absolute Gasteiger partial charge is 0.228 e. The number of benzene rings is 2. The van der Waals surface area contributed by atoms with Gasteiger partial charge in [0, 0.05) is 18.1 Å². The lowest BCUT2D eigenvalue weighted by Gasteiger charge is -2.07. The van der Waals surface area contributed by atoms with E-state index in [1.807, 2.05) is 67.7 Å². The molecule has 0 saturated heterocycles. The van der Waals surface area contributed by atoms with Gasteiger partial charge >= 0.3 is 0 Å². The van der Waals surface area contributed by atoms with Gasteiger partial charge in [-0.15, -0.1) is 0 Å². The molecule has 0 radical (unpaired) electrons. The van der Waals surface area contributed by atoms with Crippen LogP contribution in [-0.4, -0.2) is 15.7 Å². The third kappa shape index (κ3) is 3.41. The number of nitrogens with one attached hydrogen (secondary N) is 1. The lowest BCUT2D eigenvalue weighted by atomic mass is 10.1. The molecule has 0 spiro atoms. The van der Waals surface area contributed by atoms with E-state index in [0.29, 0.717) is 6.42 Å². The van der Waals surface area contributed by atoms with E-state index in [2.05, 4.69) is 10.4 Å². The van der Waals surface area contributed by atoms with Crippen molar-refractivity contribution in [3.63, 3.8) is 0 Å². The Hall–Kier alpha value is -2.88. The van der Waals surface area contributed by atoms with Crippen molar-refractivity contribution in [3.05, 3.63) is 78.1 Å². The third-order valence-electron chi connectivity index (χ3n) is 3.37. The number of hydrogen-bond donors (Lipinski definition) is 1. The number of aromatic nitrogens is 2. The molecule has 0 aliphatic carbocycles. The van der Waals surface area contributed by atoms with Crippen molar-refractivity contribution in [2.45, 2.75) is 13.3 Å². The Morgan fingerprint density at radius 1 is 1.14 bits per heavy atom. The van der Waals surface area contributed by atoms with E-state index in [-0.39, 0.29) is 5.91 Å². The molecule has 0 atom stereocenters. The molecule has 3 rings (SSSR count). The predicted octanol–water partition coefficient (Wildman–Crippen LogP) is 3.36. The van der Waals surface area contributed by atoms with Crippen LogP contribution in [0.25, 0.3) is 5.69 Å². The molecule has 1 heterocycles. The van der Waals surface area contributed by atoms with E-state index in [0.717, 1.165) is 22.5 Å². The largest absolute Gasteiger partial charge is 0.326 e. The van der Waals surface area contributed by atoms with E-state index in [1.165, 1.54) is 0 Å². The summed E-state index contributed by atoms with van der Waals surface area (Å²) in [6.45, 7) is 2.00. The molecular weight excluding hydrogens is 274 g/mol. The van der Waals surface area contributed by atoms with Gasteiger partial charge in [0.1, 0.15) is 0 Å². The zero-order chi connectivity index (χ0) is 15.4. The Kier molecular flexibility index (Phi) is 4.01. The number of nitrogens with zero attached hydrogens (tertiary/aromatic N) is 2. The topological polar surface area (TPSA) is 46.9 Å². The summed E-state index contributed by atoms with van der Waals surface area (Å²) in [5, 5.41) is 7.10. The molecule has 110 valence electrons. The second-order valence-corrected chi connectivity index (χ2v) is 5.21. The molecule has 1 N–H and O–H groups in total. The summed E-state index contributed by atoms with van der Waals surface area (Å²) in [4.78, 5) is 12.1. The number of carbonyl (C=O) groups is 1. The first kappa shape index (κ1) is 14.1. The lowest BCUT2D eigenvalue weighted by Crippen LogP contribution is -2.14. The number of carbonyl (C=O) groups excluding carboxylic acids is 1. The summed E-state index contributed by atoms with van der Waals surface area (Å²) >= 11 is 0. The Labute approximate surface area is 129 Å². The van der Waals surface area contributed by atoms with Crippen LogP contribution >= 0.6 is 0 Å². The highest BCUT2D eigenvalue weighted by atomic mass is 16.1. The minimum atomic E-state index is -0.0163. The minimum Gasteiger partial charge on any atom is -0.326 e. The van der Waals surface area contributed by atoms with Crippen LogP contribution in [0.2, 0.25) is 0 Å². The molecule has 0 saturated carbocycles. The first-order valence-corrected chi connectivity index (χ1v) is 7.16. The molecule has 0 unspecified atom stereocenters. The van der Waals surface area contributed by atoms with E-state index in [4.69, 9.17) is 0 Å². The maximum absolute atomic E-state index is 12.1. The SMILES string of the molecule is Cc1cccc(NC(=O)Cc2ccc(-n3cccn3)cc2)c1. The molecule has 4 nitrogen and oxygen atoms in total. The summed E-state index contributed by atoms with van der Waals surface area (Å²) in [5.41, 5.74) is 3.91. The van der Waals surface area contributed by atoms with Gasteiger partial charge in [0.2, 0.25) is 5.91 Å². The molecule has 0 aliphatic heterocycles. The van der Waals surface area contributed by atoms with Crippen LogP contribution in [0.1, 0.15) is 11.1 Å². The number of hydrogen-bond acceptors (Lipinski definition) is 2. The van der Waals surface area contributed by atoms with Crippen molar-refractivity contribution in [3.8, 4) is 5.69 Å². The maximum atomic E-state index is 12.1. The Morgan fingerprint density at radius 3 is 2.64 bits per heavy atom. The summed E-state index contributed by atoms with van der Waals surface area (Å²) in [5.74, 6) is -0.0163. The molecular formula is C18H17N3O. The quantitative estimate of drug-likeness (QED) is 0.801. The van der Waals surface area contributed by atoms with E-state index in [9.17, 15) is 4.79 Å². The van der Waals surface area contributed by atoms with Gasteiger partial charge in [-0.3, -0.25) is 4.79 Å². The average Bonchev–Trinajstić information content (AvgIpc) is 3.02. The van der Waals surface area contributed by atoms with Crippen LogP contribution in [-0.2, 0) is 11.2 Å². The van der Waals surface area contributed by atoms with Crippen molar-refractivity contribution < 1.29 is 4.79 Å². The fourth-order valence-electron chi connectivity index (χ4n) is 2.30. The third-order valence-corrected chi connectivity index (χ3v) is 3.37. The normalized spacial score (nSPS) is 10.4. The van der Waals surface area contributed by atoms with Gasteiger partial charge in [-0.05, 0) is 48.4 Å². The first-order valence-electron chi connectivity index (χ1n) is 7.16. The average molecular weight is 291 g/mol. The second-order valence-electron chi connectivity index (χ2n) is 5.21. The van der Waals surface area contributed by atoms with Crippen LogP contribution in [0, 0.1) is 6.92 Å². The molecule has 3 aromatic rings. The molecule has 2 aromatic carbocycles. The van der Waals surface area contributed by atoms with Crippen LogP contribution in [0.3, 0.4) is 0 Å². The maximum Gasteiger partial charge on any atom is 0.228 e. The highest BCUT2D eigenvalue weighted by Gasteiger charge is 2.05. The summed E-state index contributed by atoms with van der Waals surface area (Å²) in [6.07, 6.45) is 3.98. The molecule has 4 heteroatoms. The molecule has 22 heavy (non-hydrogen) atoms. The Morgan fingerprint density at radius 2 is 1.95 bits per heavy atom. The monoisotopic (exact) mass is 291 g/mol. The number of rotatable bonds is 4. The van der Waals surface area contributed by atoms with Crippen molar-refractivity contribution in [2.75, 3.05) is 5.32 Å². The fraction of sp³-hybridized carbons (Fsp3) is 0.111. The van der Waals surface area contributed by atoms with Crippen LogP contribution in [0.15, 0.2) is 67.0 Å². The minimum absolute atomic E-state index is 0.0163. The Bertz CT molecular complexity index is 761. The second kappa shape index (κ2) is 6.26. The van der Waals surface area contributed by atoms with Crippen molar-refractivity contribution >= 4 is 11.6 Å². The van der Waals surface area contributed by atoms with E-state index >= 15 is 0 Å². The van der Waals surface area contributed by atoms with Gasteiger partial charge < -0.3 is 5.32 Å². The van der Waals surface area contributed by atoms with Crippen molar-refractivity contribution in [2.24, 2.45) is 0 Å². The molecule has 0 aliphatic rings. The standard InChI is InChI=1S/C18H17N3O/c1-14-4-2-5-16(12-14)20-18(22)13-15-6-8-17(9-7-15)21-11-3-10-19-21/h2-12H,13H2,1H3,(H,20,22). The van der Waals surface area contributed by atoms with Crippen molar-refractivity contribution in [1.29, 1.82) is 0 Å². The van der Waals surface area contributed by atoms with E-state index < -0.39 is 0 Å². The van der Waals surface area contributed by atoms with Crippen LogP contribution in [0.5, 0.6) is 0 Å². The van der Waals surface area contributed by atoms with Gasteiger partial charge in [0.05, 0.1) is 12.1 Å². The Balaban J connectivity index is 1.64. The zero-order valence-corrected chi connectivity index (χ0v) is 12.4. The van der Waals surface area contributed by atoms with Crippen LogP contribution in [0.4, 0.5) is 5.69 Å². The highest BCUT2D eigenvalue weighted by Crippen LogP contribution is 2.12. The van der Waals surface area contributed by atoms with Gasteiger partial charge in [-0.25, -0.2) is 4.68 Å². The van der Waals surface area contributed by atoms with E-state index in [1.54, 1.807) is 10.9 Å². The summed E-state index contributed by atoms with van der Waals surface area (Å²) in [7, 11) is 0. The number of aryl methyl sites for hydroxylation is 1. The molecule has 0 fully saturated rings. The number of amides is 1. The predicted molar refractivity (Wildman–Crippen MR) is 87.1 cm³/mol. The molecule has 0 bridgehead atoms. The van der Waals surface area contributed by atoms with Crippen LogP contribution < -0.4 is 5.32 Å². The highest BCUT2D eigenvalue weighted by molar-refractivity contribution is 5.92. The fourth-order valence-corrected chi connectivity index (χ4v) is 2.30. The lowest BCUT2D eigenvalue weighted by molar-refractivity contribution is -0.115. The van der Waals surface area contributed by atoms with Gasteiger partial charge in [-0.1, -0.05) is 24.3 Å². The van der Waals surface area contributed by atoms with Gasteiger partial charge in [0.25, 0.3) is 0 Å². The molecule has 1 amide bonds. The first-order chi connectivity index (χ1) is 10.7. The molecule has 1 aromatic heterocycles. The van der Waals surface area contributed by atoms with Crippen molar-refractivity contribution in [1.82, 2.24) is 9.78 Å². The summed E-state index contributed by atoms with van der Waals surface area (Å²) in [6, 6.07) is 17.5. The zero-order valence-electron chi connectivity index (χ0n) is 12.4.